The first kappa shape index (κ1) is 17.4. The molecule has 0 saturated carbocycles. The smallest absolute Gasteiger partial charge is 0.338 e. The summed E-state index contributed by atoms with van der Waals surface area (Å²) in [6.45, 7) is 2.41. The van der Waals surface area contributed by atoms with Gasteiger partial charge in [-0.1, -0.05) is 18.2 Å². The molecule has 0 unspecified atom stereocenters. The molecule has 1 N–H and O–H groups in total. The highest BCUT2D eigenvalue weighted by Crippen LogP contribution is 2.31. The summed E-state index contributed by atoms with van der Waals surface area (Å²) < 4.78 is 10.9. The van der Waals surface area contributed by atoms with Gasteiger partial charge < -0.3 is 14.8 Å². The molecule has 0 fully saturated rings. The van der Waals surface area contributed by atoms with E-state index < -0.39 is 5.97 Å². The summed E-state index contributed by atoms with van der Waals surface area (Å²) in [6.07, 6.45) is 0.468. The van der Waals surface area contributed by atoms with Gasteiger partial charge in [0.1, 0.15) is 19.0 Å². The minimum absolute atomic E-state index is 0.0385. The predicted octanol–water partition coefficient (Wildman–Crippen LogP) is 3.67. The Hall–Kier alpha value is -2.47. The van der Waals surface area contributed by atoms with Crippen molar-refractivity contribution in [3.63, 3.8) is 0 Å². The van der Waals surface area contributed by atoms with Gasteiger partial charge in [-0.2, -0.15) is 0 Å². The van der Waals surface area contributed by atoms with E-state index >= 15 is 0 Å². The number of esters is 1. The van der Waals surface area contributed by atoms with E-state index in [2.05, 4.69) is 5.32 Å². The number of fused-ring (bicyclic) bond motifs is 1. The Kier molecular flexibility index (Phi) is 5.60. The quantitative estimate of drug-likeness (QED) is 0.653. The molecule has 0 aromatic heterocycles. The van der Waals surface area contributed by atoms with Crippen molar-refractivity contribution in [2.24, 2.45) is 0 Å². The first-order valence-electron chi connectivity index (χ1n) is 8.06. The van der Waals surface area contributed by atoms with Crippen molar-refractivity contribution in [3.05, 3.63) is 53.6 Å². The van der Waals surface area contributed by atoms with Crippen LogP contribution in [0.25, 0.3) is 0 Å². The second-order valence-electron chi connectivity index (χ2n) is 5.61. The van der Waals surface area contributed by atoms with E-state index in [0.29, 0.717) is 17.7 Å². The van der Waals surface area contributed by atoms with Gasteiger partial charge in [-0.15, -0.1) is 11.8 Å². The molecule has 130 valence electrons. The van der Waals surface area contributed by atoms with Crippen LogP contribution < -0.4 is 10.1 Å². The van der Waals surface area contributed by atoms with E-state index in [1.54, 1.807) is 23.9 Å². The Morgan fingerprint density at radius 3 is 2.88 bits per heavy atom. The molecular weight excluding hydrogens is 338 g/mol. The summed E-state index contributed by atoms with van der Waals surface area (Å²) in [5, 5.41) is 2.82. The highest BCUT2D eigenvalue weighted by molar-refractivity contribution is 7.99. The van der Waals surface area contributed by atoms with Gasteiger partial charge in [-0.05, 0) is 36.8 Å². The molecule has 6 heteroatoms. The summed E-state index contributed by atoms with van der Waals surface area (Å²) in [6, 6.07) is 12.9. The molecule has 1 heterocycles. The molecule has 3 rings (SSSR count). The zero-order valence-corrected chi connectivity index (χ0v) is 14.7. The summed E-state index contributed by atoms with van der Waals surface area (Å²) in [4.78, 5) is 24.8. The van der Waals surface area contributed by atoms with E-state index in [1.165, 1.54) is 0 Å². The number of carbonyl (C=O) groups is 2. The van der Waals surface area contributed by atoms with Crippen molar-refractivity contribution >= 4 is 29.3 Å². The number of benzene rings is 2. The third-order valence-electron chi connectivity index (χ3n) is 3.74. The largest absolute Gasteiger partial charge is 0.490 e. The van der Waals surface area contributed by atoms with E-state index in [9.17, 15) is 9.59 Å². The average Bonchev–Trinajstić information content (AvgIpc) is 2.79. The van der Waals surface area contributed by atoms with Crippen LogP contribution in [0.2, 0.25) is 0 Å². The minimum Gasteiger partial charge on any atom is -0.490 e. The molecule has 0 saturated heterocycles. The van der Waals surface area contributed by atoms with Crippen molar-refractivity contribution in [1.82, 2.24) is 0 Å². The Labute approximate surface area is 150 Å². The number of rotatable bonds is 5. The Bertz CT molecular complexity index is 791. The number of ether oxygens (including phenoxy) is 2. The number of aryl methyl sites for hydroxylation is 1. The van der Waals surface area contributed by atoms with Crippen LogP contribution in [0.3, 0.4) is 0 Å². The van der Waals surface area contributed by atoms with Crippen LogP contribution >= 0.6 is 11.8 Å². The first-order chi connectivity index (χ1) is 12.1. The molecule has 0 aliphatic carbocycles. The molecular formula is C19H19NO4S. The molecule has 0 radical (unpaired) electrons. The zero-order chi connectivity index (χ0) is 17.6. The Balaban J connectivity index is 1.55. The summed E-state index contributed by atoms with van der Waals surface area (Å²) in [5.41, 5.74) is 2.11. The number of carbonyl (C=O) groups excluding carboxylic acids is 2. The highest BCUT2D eigenvalue weighted by atomic mass is 32.2. The van der Waals surface area contributed by atoms with Crippen LogP contribution in [-0.4, -0.2) is 30.8 Å². The average molecular weight is 357 g/mol. The van der Waals surface area contributed by atoms with Crippen LogP contribution in [0.4, 0.5) is 5.69 Å². The molecule has 1 amide bonds. The molecule has 5 nitrogen and oxygen atoms in total. The number of thioether (sulfide) groups is 1. The lowest BCUT2D eigenvalue weighted by atomic mass is 10.2. The van der Waals surface area contributed by atoms with Gasteiger partial charge in [0, 0.05) is 17.1 Å². The topological polar surface area (TPSA) is 64.6 Å². The fraction of sp³-hybridized carbons (Fsp3) is 0.263. The zero-order valence-electron chi connectivity index (χ0n) is 13.9. The van der Waals surface area contributed by atoms with E-state index in [-0.39, 0.29) is 19.1 Å². The molecule has 25 heavy (non-hydrogen) atoms. The second kappa shape index (κ2) is 8.07. The molecule has 2 aromatic rings. The number of nitrogens with one attached hydrogen (secondary N) is 1. The highest BCUT2D eigenvalue weighted by Gasteiger charge is 2.16. The van der Waals surface area contributed by atoms with Gasteiger partial charge in [0.25, 0.3) is 0 Å². The van der Waals surface area contributed by atoms with Gasteiger partial charge in [0.2, 0.25) is 5.91 Å². The molecule has 0 atom stereocenters. The van der Waals surface area contributed by atoms with E-state index in [1.807, 2.05) is 37.3 Å². The molecule has 1 aliphatic rings. The first-order valence-corrected chi connectivity index (χ1v) is 9.04. The fourth-order valence-corrected chi connectivity index (χ4v) is 3.37. The summed E-state index contributed by atoms with van der Waals surface area (Å²) in [5.74, 6) is 1.05. The number of anilines is 1. The lowest BCUT2D eigenvalue weighted by molar-refractivity contribution is -0.115. The van der Waals surface area contributed by atoms with Crippen molar-refractivity contribution in [2.75, 3.05) is 24.3 Å². The van der Waals surface area contributed by atoms with Gasteiger partial charge in [-0.3, -0.25) is 4.79 Å². The van der Waals surface area contributed by atoms with Crippen LogP contribution in [0.1, 0.15) is 22.3 Å². The number of amides is 1. The maximum absolute atomic E-state index is 12.2. The molecule has 1 aliphatic heterocycles. The second-order valence-corrected chi connectivity index (χ2v) is 6.74. The van der Waals surface area contributed by atoms with E-state index in [4.69, 9.17) is 9.47 Å². The van der Waals surface area contributed by atoms with Crippen LogP contribution in [-0.2, 0) is 9.53 Å². The van der Waals surface area contributed by atoms with E-state index in [0.717, 1.165) is 22.0 Å². The van der Waals surface area contributed by atoms with Gasteiger partial charge in [0.05, 0.1) is 11.3 Å². The van der Waals surface area contributed by atoms with Crippen LogP contribution in [0, 0.1) is 6.92 Å². The molecule has 2 aromatic carbocycles. The van der Waals surface area contributed by atoms with Crippen LogP contribution in [0.5, 0.6) is 5.75 Å². The van der Waals surface area contributed by atoms with Crippen LogP contribution in [0.15, 0.2) is 47.4 Å². The SMILES string of the molecule is Cc1ccccc1OCCOC(=O)c1ccc2c(c1)NC(=O)CCS2. The van der Waals surface area contributed by atoms with Crippen molar-refractivity contribution in [1.29, 1.82) is 0 Å². The Morgan fingerprint density at radius 1 is 1.20 bits per heavy atom. The Morgan fingerprint density at radius 2 is 2.04 bits per heavy atom. The molecule has 0 spiro atoms. The van der Waals surface area contributed by atoms with Gasteiger partial charge in [-0.25, -0.2) is 4.79 Å². The fourth-order valence-electron chi connectivity index (χ4n) is 2.43. The number of hydrogen-bond acceptors (Lipinski definition) is 5. The van der Waals surface area contributed by atoms with Gasteiger partial charge >= 0.3 is 5.97 Å². The lowest BCUT2D eigenvalue weighted by Crippen LogP contribution is -2.14. The number of hydrogen-bond donors (Lipinski definition) is 1. The van der Waals surface area contributed by atoms with Gasteiger partial charge in [0.15, 0.2) is 0 Å². The van der Waals surface area contributed by atoms with Crippen molar-refractivity contribution in [2.45, 2.75) is 18.2 Å². The molecule has 0 bridgehead atoms. The normalized spacial score (nSPS) is 13.4. The number of para-hydroxylation sites is 1. The lowest BCUT2D eigenvalue weighted by Gasteiger charge is -2.11. The summed E-state index contributed by atoms with van der Waals surface area (Å²) >= 11 is 1.60. The minimum atomic E-state index is -0.431. The third-order valence-corrected chi connectivity index (χ3v) is 4.82. The monoisotopic (exact) mass is 357 g/mol. The maximum atomic E-state index is 12.2. The summed E-state index contributed by atoms with van der Waals surface area (Å²) in [7, 11) is 0. The van der Waals surface area contributed by atoms with Crippen molar-refractivity contribution in [3.8, 4) is 5.75 Å². The predicted molar refractivity (Wildman–Crippen MR) is 97.4 cm³/mol. The standard InChI is InChI=1S/C19H19NO4S/c1-13-4-2-3-5-16(13)23-9-10-24-19(22)14-6-7-17-15(12-14)20-18(21)8-11-25-17/h2-7,12H,8-11H2,1H3,(H,20,21). The maximum Gasteiger partial charge on any atom is 0.338 e. The third kappa shape index (κ3) is 4.54. The van der Waals surface area contributed by atoms with Crippen molar-refractivity contribution < 1.29 is 19.1 Å².